The molecular formula is C30H24N6O4S2. The molecule has 2 N–H and O–H groups in total. The Kier molecular flexibility index (Phi) is 7.55. The number of aromatic nitrogens is 1. The number of phenolic OH excluding ortho intramolecular Hbond substituents is 2. The summed E-state index contributed by atoms with van der Waals surface area (Å²) in [6.07, 6.45) is 0. The number of thiazole rings is 1. The van der Waals surface area contributed by atoms with Crippen molar-refractivity contribution in [3.8, 4) is 17.2 Å². The number of carbonyl (C=O) groups is 1. The van der Waals surface area contributed by atoms with Gasteiger partial charge < -0.3 is 14.9 Å². The zero-order valence-electron chi connectivity index (χ0n) is 22.4. The topological polar surface area (TPSA) is 132 Å². The molecule has 0 radical (unpaired) electrons. The van der Waals surface area contributed by atoms with E-state index < -0.39 is 10.6 Å². The van der Waals surface area contributed by atoms with Gasteiger partial charge in [-0.2, -0.15) is 5.11 Å². The Labute approximate surface area is 249 Å². The number of thioether (sulfide) groups is 1. The molecule has 1 aromatic heterocycles. The minimum atomic E-state index is -0.627. The normalized spacial score (nSPS) is 17.2. The van der Waals surface area contributed by atoms with Gasteiger partial charge in [-0.15, -0.1) is 27.1 Å². The van der Waals surface area contributed by atoms with Gasteiger partial charge in [0.05, 0.1) is 39.6 Å². The molecule has 1 saturated heterocycles. The number of anilines is 1. The zero-order valence-corrected chi connectivity index (χ0v) is 24.1. The van der Waals surface area contributed by atoms with E-state index in [1.807, 2.05) is 24.3 Å². The third-order valence-corrected chi connectivity index (χ3v) is 8.76. The Morgan fingerprint density at radius 1 is 0.881 bits per heavy atom. The van der Waals surface area contributed by atoms with Crippen molar-refractivity contribution in [3.05, 3.63) is 90.5 Å². The van der Waals surface area contributed by atoms with E-state index >= 15 is 0 Å². The lowest BCUT2D eigenvalue weighted by Crippen LogP contribution is -2.30. The third kappa shape index (κ3) is 5.54. The number of aromatic hydroxyl groups is 2. The summed E-state index contributed by atoms with van der Waals surface area (Å²) in [5.74, 6) is 0.393. The van der Waals surface area contributed by atoms with Gasteiger partial charge in [0, 0.05) is 17.7 Å². The first-order valence-electron chi connectivity index (χ1n) is 12.9. The number of phenols is 2. The predicted octanol–water partition coefficient (Wildman–Crippen LogP) is 8.71. The highest BCUT2D eigenvalue weighted by Crippen LogP contribution is 2.51. The van der Waals surface area contributed by atoms with Crippen LogP contribution >= 0.6 is 23.1 Å². The highest BCUT2D eigenvalue weighted by molar-refractivity contribution is 8.01. The highest BCUT2D eigenvalue weighted by atomic mass is 32.2. The van der Waals surface area contributed by atoms with Crippen LogP contribution in [0.15, 0.2) is 105 Å². The maximum Gasteiger partial charge on any atom is 0.241 e. The average Bonchev–Trinajstić information content (AvgIpc) is 3.55. The van der Waals surface area contributed by atoms with Crippen LogP contribution in [0.1, 0.15) is 17.9 Å². The molecule has 10 nitrogen and oxygen atoms in total. The number of methoxy groups -OCH3 is 1. The fraction of sp³-hybridized carbons (Fsp3) is 0.133. The molecule has 1 aliphatic rings. The van der Waals surface area contributed by atoms with E-state index in [0.29, 0.717) is 39.2 Å². The van der Waals surface area contributed by atoms with Gasteiger partial charge in [-0.3, -0.25) is 9.69 Å². The van der Waals surface area contributed by atoms with Crippen molar-refractivity contribution < 1.29 is 19.7 Å². The number of amides is 1. The van der Waals surface area contributed by atoms with E-state index in [-0.39, 0.29) is 17.4 Å². The maximum atomic E-state index is 13.5. The fourth-order valence-electron chi connectivity index (χ4n) is 4.46. The lowest BCUT2D eigenvalue weighted by atomic mass is 10.1. The summed E-state index contributed by atoms with van der Waals surface area (Å²) in [4.78, 5) is 19.5. The number of carbonyl (C=O) groups excluding carboxylic acids is 1. The second-order valence-corrected chi connectivity index (χ2v) is 11.8. The van der Waals surface area contributed by atoms with Crippen LogP contribution in [0.25, 0.3) is 10.2 Å². The lowest BCUT2D eigenvalue weighted by Gasteiger charge is -2.26. The van der Waals surface area contributed by atoms with Gasteiger partial charge in [0.15, 0.2) is 0 Å². The van der Waals surface area contributed by atoms with Gasteiger partial charge in [0.2, 0.25) is 11.0 Å². The Balaban J connectivity index is 1.35. The molecule has 0 saturated carbocycles. The average molecular weight is 597 g/mol. The zero-order chi connectivity index (χ0) is 29.2. The molecule has 1 fully saturated rings. The van der Waals surface area contributed by atoms with Crippen molar-refractivity contribution in [2.45, 2.75) is 17.5 Å². The molecule has 2 atom stereocenters. The summed E-state index contributed by atoms with van der Waals surface area (Å²) in [5, 5.41) is 38.1. The Hall–Kier alpha value is -4.81. The minimum absolute atomic E-state index is 0.00181. The first-order valence-corrected chi connectivity index (χ1v) is 14.6. The molecule has 2 heterocycles. The lowest BCUT2D eigenvalue weighted by molar-refractivity contribution is -0.117. The minimum Gasteiger partial charge on any atom is -0.508 e. The number of hydrogen-bond donors (Lipinski definition) is 2. The van der Waals surface area contributed by atoms with E-state index in [0.717, 1.165) is 10.2 Å². The largest absolute Gasteiger partial charge is 0.508 e. The fourth-order valence-corrected chi connectivity index (χ4v) is 6.54. The van der Waals surface area contributed by atoms with Crippen LogP contribution in [0, 0.1) is 0 Å². The Morgan fingerprint density at radius 3 is 2.52 bits per heavy atom. The van der Waals surface area contributed by atoms with Gasteiger partial charge in [-0.25, -0.2) is 4.98 Å². The molecule has 1 aliphatic heterocycles. The van der Waals surface area contributed by atoms with Crippen molar-refractivity contribution >= 4 is 67.1 Å². The molecule has 42 heavy (non-hydrogen) atoms. The van der Waals surface area contributed by atoms with E-state index in [4.69, 9.17) is 4.74 Å². The van der Waals surface area contributed by atoms with Crippen LogP contribution in [0.4, 0.5) is 27.9 Å². The van der Waals surface area contributed by atoms with E-state index in [2.05, 4.69) is 25.4 Å². The molecule has 5 aromatic rings. The van der Waals surface area contributed by atoms with Crippen LogP contribution in [0.3, 0.4) is 0 Å². The number of azo groups is 2. The first kappa shape index (κ1) is 27.4. The standard InChI is InChI=1S/C30H24N6O4S2/c1-17-28(39)36(25-16-20(37)11-12-23(25)34-32-18-6-5-7-21(14-18)40-2)29(41-17)22-15-19(10-13-26(22)38)33-35-30-31-24-8-3-4-9-27(24)42-30/h3-17,29,37-38H,1-2H3. The third-order valence-electron chi connectivity index (χ3n) is 6.51. The molecule has 12 heteroatoms. The van der Waals surface area contributed by atoms with Crippen molar-refractivity contribution in [1.82, 2.24) is 4.98 Å². The number of para-hydroxylation sites is 1. The molecule has 1 amide bonds. The molecule has 2 unspecified atom stereocenters. The van der Waals surface area contributed by atoms with Crippen molar-refractivity contribution in [3.63, 3.8) is 0 Å². The SMILES string of the molecule is COc1cccc(N=Nc2ccc(O)cc2N2C(=O)C(C)SC2c2cc(N=Nc3nc4ccccc4s3)ccc2O)c1. The molecule has 0 spiro atoms. The molecule has 0 bridgehead atoms. The van der Waals surface area contributed by atoms with Crippen molar-refractivity contribution in [1.29, 1.82) is 0 Å². The number of hydrogen-bond acceptors (Lipinski definition) is 11. The summed E-state index contributed by atoms with van der Waals surface area (Å²) in [5.41, 5.74) is 3.09. The molecular weight excluding hydrogens is 573 g/mol. The van der Waals surface area contributed by atoms with Crippen LogP contribution in [-0.2, 0) is 4.79 Å². The van der Waals surface area contributed by atoms with E-state index in [1.54, 1.807) is 56.5 Å². The summed E-state index contributed by atoms with van der Waals surface area (Å²) < 4.78 is 6.27. The summed E-state index contributed by atoms with van der Waals surface area (Å²) >= 11 is 2.79. The number of fused-ring (bicyclic) bond motifs is 1. The maximum absolute atomic E-state index is 13.5. The molecule has 6 rings (SSSR count). The Morgan fingerprint density at radius 2 is 1.69 bits per heavy atom. The Bertz CT molecular complexity index is 1820. The van der Waals surface area contributed by atoms with Crippen molar-refractivity contribution in [2.75, 3.05) is 12.0 Å². The van der Waals surface area contributed by atoms with Crippen molar-refractivity contribution in [2.24, 2.45) is 20.5 Å². The molecule has 4 aromatic carbocycles. The van der Waals surface area contributed by atoms with E-state index in [9.17, 15) is 15.0 Å². The van der Waals surface area contributed by atoms with Crippen LogP contribution < -0.4 is 9.64 Å². The van der Waals surface area contributed by atoms with Gasteiger partial charge in [0.1, 0.15) is 28.3 Å². The highest BCUT2D eigenvalue weighted by Gasteiger charge is 2.42. The van der Waals surface area contributed by atoms with Gasteiger partial charge >= 0.3 is 0 Å². The van der Waals surface area contributed by atoms with Crippen LogP contribution in [0.2, 0.25) is 0 Å². The molecule has 0 aliphatic carbocycles. The van der Waals surface area contributed by atoms with Gasteiger partial charge in [-0.05, 0) is 61.5 Å². The number of benzene rings is 4. The summed E-state index contributed by atoms with van der Waals surface area (Å²) in [6, 6.07) is 24.3. The first-order chi connectivity index (χ1) is 20.4. The quantitative estimate of drug-likeness (QED) is 0.181. The van der Waals surface area contributed by atoms with Crippen LogP contribution in [-0.4, -0.2) is 33.5 Å². The second kappa shape index (κ2) is 11.6. The monoisotopic (exact) mass is 596 g/mol. The summed E-state index contributed by atoms with van der Waals surface area (Å²) in [6.45, 7) is 1.80. The molecule has 210 valence electrons. The number of rotatable bonds is 7. The smallest absolute Gasteiger partial charge is 0.241 e. The number of nitrogens with zero attached hydrogens (tertiary/aromatic N) is 6. The van der Waals surface area contributed by atoms with Crippen LogP contribution in [0.5, 0.6) is 17.2 Å². The predicted molar refractivity (Wildman–Crippen MR) is 164 cm³/mol. The van der Waals surface area contributed by atoms with Gasteiger partial charge in [0.25, 0.3) is 0 Å². The second-order valence-electron chi connectivity index (χ2n) is 9.32. The number of ether oxygens (including phenoxy) is 1. The van der Waals surface area contributed by atoms with Gasteiger partial charge in [-0.1, -0.05) is 29.5 Å². The summed E-state index contributed by atoms with van der Waals surface area (Å²) in [7, 11) is 1.57. The van der Waals surface area contributed by atoms with E-state index in [1.165, 1.54) is 46.2 Å².